The maximum Gasteiger partial charge on any atom is 0.337 e. The van der Waals surface area contributed by atoms with E-state index in [-0.39, 0.29) is 6.10 Å². The normalized spacial score (nSPS) is 15.7. The molecule has 0 aliphatic carbocycles. The Labute approximate surface area is 119 Å². The predicted octanol–water partition coefficient (Wildman–Crippen LogP) is 2.39. The highest BCUT2D eigenvalue weighted by atomic mass is 16.5. The number of aliphatic hydroxyl groups excluding tert-OH is 1. The fraction of sp³-hybridized carbons (Fsp3) is 0.533. The van der Waals surface area contributed by atoms with Crippen molar-refractivity contribution in [2.75, 3.05) is 0 Å². The summed E-state index contributed by atoms with van der Waals surface area (Å²) in [6, 6.07) is 6.74. The molecule has 5 nitrogen and oxygen atoms in total. The molecule has 0 bridgehead atoms. The Balaban J connectivity index is 2.84. The summed E-state index contributed by atoms with van der Waals surface area (Å²) >= 11 is 0. The van der Waals surface area contributed by atoms with Crippen LogP contribution in [0.15, 0.2) is 24.3 Å². The van der Waals surface area contributed by atoms with Crippen LogP contribution in [0.2, 0.25) is 0 Å². The van der Waals surface area contributed by atoms with E-state index in [2.05, 4.69) is 0 Å². The van der Waals surface area contributed by atoms with Crippen LogP contribution in [0.3, 0.4) is 0 Å². The fourth-order valence-corrected chi connectivity index (χ4v) is 1.60. The zero-order valence-corrected chi connectivity index (χ0v) is 12.2. The minimum absolute atomic E-state index is 0.0580. The van der Waals surface area contributed by atoms with Crippen LogP contribution < -0.4 is 4.74 Å². The molecule has 1 aromatic carbocycles. The third kappa shape index (κ3) is 4.83. The minimum atomic E-state index is -1.10. The number of carboxylic acids is 1. The van der Waals surface area contributed by atoms with Crippen molar-refractivity contribution >= 4 is 5.97 Å². The topological polar surface area (TPSA) is 76.0 Å². The smallest absolute Gasteiger partial charge is 0.337 e. The lowest BCUT2D eigenvalue weighted by Gasteiger charge is -2.21. The molecule has 112 valence electrons. The number of aliphatic carboxylic acids is 1. The van der Waals surface area contributed by atoms with E-state index in [1.165, 1.54) is 0 Å². The number of ether oxygens (including phenoxy) is 2. The molecule has 0 saturated carbocycles. The van der Waals surface area contributed by atoms with Crippen molar-refractivity contribution in [3.63, 3.8) is 0 Å². The first-order chi connectivity index (χ1) is 9.31. The second-order valence-electron chi connectivity index (χ2n) is 5.04. The van der Waals surface area contributed by atoms with Crippen LogP contribution in [0.25, 0.3) is 0 Å². The first-order valence-corrected chi connectivity index (χ1v) is 6.64. The molecule has 20 heavy (non-hydrogen) atoms. The van der Waals surface area contributed by atoms with Gasteiger partial charge in [0, 0.05) is 0 Å². The quantitative estimate of drug-likeness (QED) is 0.803. The zero-order chi connectivity index (χ0) is 15.3. The molecule has 3 unspecified atom stereocenters. The van der Waals surface area contributed by atoms with Crippen molar-refractivity contribution < 1.29 is 24.5 Å². The molecular weight excluding hydrogens is 260 g/mol. The van der Waals surface area contributed by atoms with E-state index in [4.69, 9.17) is 9.47 Å². The number of aliphatic hydroxyl groups is 1. The SMILES string of the molecule is CC(C)Oc1ccc(C(OC(C)C(C)O)C(=O)O)cc1. The summed E-state index contributed by atoms with van der Waals surface area (Å²) < 4.78 is 10.9. The second kappa shape index (κ2) is 7.26. The van der Waals surface area contributed by atoms with Gasteiger partial charge in [-0.05, 0) is 45.4 Å². The van der Waals surface area contributed by atoms with Crippen LogP contribution in [0.4, 0.5) is 0 Å². The molecule has 3 atom stereocenters. The van der Waals surface area contributed by atoms with Gasteiger partial charge in [0.25, 0.3) is 0 Å². The van der Waals surface area contributed by atoms with Crippen LogP contribution in [-0.2, 0) is 9.53 Å². The Bertz CT molecular complexity index is 424. The van der Waals surface area contributed by atoms with Gasteiger partial charge in [-0.15, -0.1) is 0 Å². The summed E-state index contributed by atoms with van der Waals surface area (Å²) in [6.45, 7) is 7.03. The number of rotatable bonds is 7. The molecule has 2 N–H and O–H groups in total. The Morgan fingerprint density at radius 2 is 1.65 bits per heavy atom. The van der Waals surface area contributed by atoms with Crippen molar-refractivity contribution in [1.29, 1.82) is 0 Å². The van der Waals surface area contributed by atoms with Gasteiger partial charge in [-0.25, -0.2) is 4.79 Å². The largest absolute Gasteiger partial charge is 0.491 e. The number of hydrogen-bond acceptors (Lipinski definition) is 4. The van der Waals surface area contributed by atoms with Crippen molar-refractivity contribution in [3.05, 3.63) is 29.8 Å². The maximum absolute atomic E-state index is 11.3. The van der Waals surface area contributed by atoms with E-state index in [0.717, 1.165) is 0 Å². The molecule has 0 aliphatic rings. The standard InChI is InChI=1S/C15H22O5/c1-9(2)19-13-7-5-12(6-8-13)14(15(17)18)20-11(4)10(3)16/h5-11,14,16H,1-4H3,(H,17,18). The van der Waals surface area contributed by atoms with E-state index in [9.17, 15) is 15.0 Å². The molecule has 0 aliphatic heterocycles. The van der Waals surface area contributed by atoms with E-state index in [0.29, 0.717) is 11.3 Å². The molecule has 0 fully saturated rings. The fourth-order valence-electron chi connectivity index (χ4n) is 1.60. The summed E-state index contributed by atoms with van der Waals surface area (Å²) in [5.74, 6) is -0.411. The van der Waals surface area contributed by atoms with Gasteiger partial charge >= 0.3 is 5.97 Å². The van der Waals surface area contributed by atoms with E-state index in [1.807, 2.05) is 13.8 Å². The highest BCUT2D eigenvalue weighted by Crippen LogP contribution is 2.23. The first-order valence-electron chi connectivity index (χ1n) is 6.64. The number of carboxylic acid groups (broad SMARTS) is 1. The molecule has 1 rings (SSSR count). The van der Waals surface area contributed by atoms with Crippen LogP contribution in [0.1, 0.15) is 39.4 Å². The average molecular weight is 282 g/mol. The van der Waals surface area contributed by atoms with Crippen molar-refractivity contribution in [2.45, 2.75) is 52.1 Å². The van der Waals surface area contributed by atoms with E-state index >= 15 is 0 Å². The lowest BCUT2D eigenvalue weighted by Crippen LogP contribution is -2.28. The molecule has 0 amide bonds. The molecular formula is C15H22O5. The molecule has 1 aromatic rings. The summed E-state index contributed by atoms with van der Waals surface area (Å²) in [6.07, 6.45) is -2.35. The average Bonchev–Trinajstić information content (AvgIpc) is 2.35. The third-order valence-corrected chi connectivity index (χ3v) is 2.81. The molecule has 5 heteroatoms. The Hall–Kier alpha value is -1.59. The van der Waals surface area contributed by atoms with Gasteiger partial charge in [0.2, 0.25) is 0 Å². The summed E-state index contributed by atoms with van der Waals surface area (Å²) in [5, 5.41) is 18.6. The lowest BCUT2D eigenvalue weighted by atomic mass is 10.1. The van der Waals surface area contributed by atoms with E-state index in [1.54, 1.807) is 38.1 Å². The van der Waals surface area contributed by atoms with Gasteiger partial charge in [-0.2, -0.15) is 0 Å². The molecule has 0 aromatic heterocycles. The second-order valence-corrected chi connectivity index (χ2v) is 5.04. The molecule has 0 spiro atoms. The van der Waals surface area contributed by atoms with E-state index < -0.39 is 24.3 Å². The molecule has 0 radical (unpaired) electrons. The molecule has 0 saturated heterocycles. The number of hydrogen-bond donors (Lipinski definition) is 2. The Morgan fingerprint density at radius 1 is 1.10 bits per heavy atom. The predicted molar refractivity (Wildman–Crippen MR) is 74.8 cm³/mol. The summed E-state index contributed by atoms with van der Waals surface area (Å²) in [5.41, 5.74) is 0.515. The van der Waals surface area contributed by atoms with Crippen LogP contribution in [0.5, 0.6) is 5.75 Å². The van der Waals surface area contributed by atoms with Gasteiger partial charge in [0.05, 0.1) is 18.3 Å². The third-order valence-electron chi connectivity index (χ3n) is 2.81. The maximum atomic E-state index is 11.3. The Kier molecular flexibility index (Phi) is 5.98. The number of benzene rings is 1. The first kappa shape index (κ1) is 16.5. The van der Waals surface area contributed by atoms with Gasteiger partial charge < -0.3 is 19.7 Å². The highest BCUT2D eigenvalue weighted by molar-refractivity contribution is 5.74. The summed E-state index contributed by atoms with van der Waals surface area (Å²) in [7, 11) is 0. The van der Waals surface area contributed by atoms with Gasteiger partial charge in [0.1, 0.15) is 5.75 Å². The summed E-state index contributed by atoms with van der Waals surface area (Å²) in [4.78, 5) is 11.3. The Morgan fingerprint density at radius 3 is 2.05 bits per heavy atom. The van der Waals surface area contributed by atoms with Gasteiger partial charge in [0.15, 0.2) is 6.10 Å². The zero-order valence-electron chi connectivity index (χ0n) is 12.2. The van der Waals surface area contributed by atoms with Crippen LogP contribution in [0, 0.1) is 0 Å². The monoisotopic (exact) mass is 282 g/mol. The lowest BCUT2D eigenvalue weighted by molar-refractivity contribution is -0.158. The van der Waals surface area contributed by atoms with Crippen molar-refractivity contribution in [2.24, 2.45) is 0 Å². The van der Waals surface area contributed by atoms with Crippen LogP contribution in [-0.4, -0.2) is 34.5 Å². The highest BCUT2D eigenvalue weighted by Gasteiger charge is 2.25. The molecule has 0 heterocycles. The van der Waals surface area contributed by atoms with Crippen LogP contribution >= 0.6 is 0 Å². The van der Waals surface area contributed by atoms with Gasteiger partial charge in [-0.3, -0.25) is 0 Å². The number of carbonyl (C=O) groups is 1. The van der Waals surface area contributed by atoms with Crippen molar-refractivity contribution in [3.8, 4) is 5.75 Å². The minimum Gasteiger partial charge on any atom is -0.491 e. The van der Waals surface area contributed by atoms with Crippen molar-refractivity contribution in [1.82, 2.24) is 0 Å². The van der Waals surface area contributed by atoms with Gasteiger partial charge in [-0.1, -0.05) is 12.1 Å².